The average Bonchev–Trinajstić information content (AvgIpc) is 3.40. The summed E-state index contributed by atoms with van der Waals surface area (Å²) >= 11 is 0. The third-order valence-electron chi connectivity index (χ3n) is 6.23. The van der Waals surface area contributed by atoms with Gasteiger partial charge >= 0.3 is 12.2 Å². The topological polar surface area (TPSA) is 134 Å². The predicted octanol–water partition coefficient (Wildman–Crippen LogP) is 4.56. The number of hydrogen-bond donors (Lipinski definition) is 2. The standard InChI is InChI=1S/C17H25NO5S.C10H19NO3/c1-12-7-5-8-13(15(12)24(20,21)22)11-14-9-6-10-18(14)16(19)23-17(2,3)4;1-10(2,3)14-9(13)11-6-4-5-8(11)7-12/h5,7-8,14H,6,9-11H2,1-4H3,(H,20,21,22);8,12H,4-7H2,1-3H3/t14-;8-/m00/s1. The summed E-state index contributed by atoms with van der Waals surface area (Å²) in [5, 5.41) is 9.03. The molecule has 0 aliphatic carbocycles. The molecular formula is C27H44N2O8S. The Morgan fingerprint density at radius 1 is 0.921 bits per heavy atom. The summed E-state index contributed by atoms with van der Waals surface area (Å²) in [5.74, 6) is 0. The molecule has 2 heterocycles. The number of rotatable bonds is 4. The normalized spacial score (nSPS) is 20.1. The number of ether oxygens (including phenoxy) is 2. The van der Waals surface area contributed by atoms with Gasteiger partial charge in [0.25, 0.3) is 10.1 Å². The molecule has 3 rings (SSSR count). The number of aryl methyl sites for hydroxylation is 1. The molecular weight excluding hydrogens is 512 g/mol. The fraction of sp³-hybridized carbons (Fsp3) is 0.704. The first kappa shape index (κ1) is 31.8. The fourth-order valence-electron chi connectivity index (χ4n) is 4.69. The van der Waals surface area contributed by atoms with Gasteiger partial charge in [0, 0.05) is 19.1 Å². The molecule has 2 saturated heterocycles. The van der Waals surface area contributed by atoms with E-state index in [1.165, 1.54) is 0 Å². The van der Waals surface area contributed by atoms with Crippen LogP contribution < -0.4 is 0 Å². The number of aliphatic hydroxyl groups excluding tert-OH is 1. The lowest BCUT2D eigenvalue weighted by Gasteiger charge is -2.29. The van der Waals surface area contributed by atoms with E-state index in [-0.39, 0.29) is 35.8 Å². The second-order valence-corrected chi connectivity index (χ2v) is 13.2. The van der Waals surface area contributed by atoms with Gasteiger partial charge in [0.2, 0.25) is 0 Å². The zero-order valence-electron chi connectivity index (χ0n) is 23.7. The van der Waals surface area contributed by atoms with Crippen LogP contribution in [0.25, 0.3) is 0 Å². The summed E-state index contributed by atoms with van der Waals surface area (Å²) in [5.41, 5.74) is -0.0119. The monoisotopic (exact) mass is 556 g/mol. The van der Waals surface area contributed by atoms with Crippen LogP contribution >= 0.6 is 0 Å². The van der Waals surface area contributed by atoms with Gasteiger partial charge in [-0.1, -0.05) is 18.2 Å². The second-order valence-electron chi connectivity index (χ2n) is 11.9. The van der Waals surface area contributed by atoms with Crippen LogP contribution in [0.15, 0.2) is 23.1 Å². The Balaban J connectivity index is 0.000000308. The smallest absolute Gasteiger partial charge is 0.410 e. The lowest BCUT2D eigenvalue weighted by atomic mass is 10.0. The molecule has 2 aliphatic heterocycles. The van der Waals surface area contributed by atoms with Crippen molar-refractivity contribution in [1.82, 2.24) is 9.80 Å². The molecule has 1 aromatic rings. The quantitative estimate of drug-likeness (QED) is 0.516. The molecule has 2 atom stereocenters. The van der Waals surface area contributed by atoms with Crippen LogP contribution in [0.3, 0.4) is 0 Å². The van der Waals surface area contributed by atoms with Gasteiger partial charge in [0.15, 0.2) is 0 Å². The minimum Gasteiger partial charge on any atom is -0.444 e. The maximum Gasteiger partial charge on any atom is 0.410 e. The third kappa shape index (κ3) is 9.43. The van der Waals surface area contributed by atoms with E-state index in [2.05, 4.69) is 0 Å². The Labute approximate surface area is 227 Å². The Hall–Kier alpha value is -2.37. The second kappa shape index (κ2) is 12.7. The molecule has 2 aliphatic rings. The molecule has 0 unspecified atom stereocenters. The van der Waals surface area contributed by atoms with Crippen LogP contribution in [0.1, 0.15) is 78.4 Å². The van der Waals surface area contributed by atoms with E-state index in [1.807, 2.05) is 41.5 Å². The fourth-order valence-corrected chi connectivity index (χ4v) is 5.65. The molecule has 10 nitrogen and oxygen atoms in total. The summed E-state index contributed by atoms with van der Waals surface area (Å²) in [6, 6.07) is 4.90. The van der Waals surface area contributed by atoms with Crippen LogP contribution in [-0.4, -0.2) is 83.0 Å². The first-order chi connectivity index (χ1) is 17.4. The molecule has 2 fully saturated rings. The lowest BCUT2D eigenvalue weighted by molar-refractivity contribution is 0.0174. The summed E-state index contributed by atoms with van der Waals surface area (Å²) in [4.78, 5) is 27.2. The number of aliphatic hydroxyl groups is 1. The van der Waals surface area contributed by atoms with E-state index in [1.54, 1.807) is 34.9 Å². The maximum absolute atomic E-state index is 12.3. The maximum atomic E-state index is 12.3. The van der Waals surface area contributed by atoms with Crippen molar-refractivity contribution in [2.45, 2.75) is 109 Å². The van der Waals surface area contributed by atoms with Gasteiger partial charge < -0.3 is 24.4 Å². The van der Waals surface area contributed by atoms with E-state index in [0.29, 0.717) is 30.6 Å². The molecule has 216 valence electrons. The average molecular weight is 557 g/mol. The van der Waals surface area contributed by atoms with E-state index < -0.39 is 21.3 Å². The van der Waals surface area contributed by atoms with Crippen molar-refractivity contribution >= 4 is 22.3 Å². The summed E-state index contributed by atoms with van der Waals surface area (Å²) < 4.78 is 43.6. The molecule has 2 N–H and O–H groups in total. The zero-order chi connectivity index (χ0) is 28.9. The lowest BCUT2D eigenvalue weighted by Crippen LogP contribution is -2.41. The van der Waals surface area contributed by atoms with Gasteiger partial charge in [0.1, 0.15) is 16.1 Å². The predicted molar refractivity (Wildman–Crippen MR) is 144 cm³/mol. The van der Waals surface area contributed by atoms with Crippen LogP contribution in [-0.2, 0) is 26.0 Å². The van der Waals surface area contributed by atoms with Crippen molar-refractivity contribution in [2.24, 2.45) is 0 Å². The molecule has 0 saturated carbocycles. The molecule has 0 bridgehead atoms. The molecule has 11 heteroatoms. The number of benzene rings is 1. The Kier molecular flexibility index (Phi) is 10.6. The van der Waals surface area contributed by atoms with Crippen molar-refractivity contribution in [3.63, 3.8) is 0 Å². The van der Waals surface area contributed by atoms with Crippen LogP contribution in [0.2, 0.25) is 0 Å². The largest absolute Gasteiger partial charge is 0.444 e. The molecule has 2 amide bonds. The number of amides is 2. The number of carbonyl (C=O) groups excluding carboxylic acids is 2. The Morgan fingerprint density at radius 3 is 1.84 bits per heavy atom. The van der Waals surface area contributed by atoms with Gasteiger partial charge in [-0.05, 0) is 91.7 Å². The van der Waals surface area contributed by atoms with Gasteiger partial charge in [-0.2, -0.15) is 8.42 Å². The van der Waals surface area contributed by atoms with Crippen LogP contribution in [0.4, 0.5) is 9.59 Å². The molecule has 1 aromatic carbocycles. The van der Waals surface area contributed by atoms with E-state index in [4.69, 9.17) is 14.6 Å². The highest BCUT2D eigenvalue weighted by Gasteiger charge is 2.34. The number of likely N-dealkylation sites (tertiary alicyclic amines) is 2. The van der Waals surface area contributed by atoms with E-state index >= 15 is 0 Å². The van der Waals surface area contributed by atoms with Gasteiger partial charge in [-0.25, -0.2) is 9.59 Å². The first-order valence-corrected chi connectivity index (χ1v) is 14.5. The first-order valence-electron chi connectivity index (χ1n) is 13.1. The highest BCUT2D eigenvalue weighted by Crippen LogP contribution is 2.28. The van der Waals surface area contributed by atoms with Crippen molar-refractivity contribution in [1.29, 1.82) is 0 Å². The van der Waals surface area contributed by atoms with Gasteiger partial charge in [0.05, 0.1) is 12.6 Å². The molecule has 38 heavy (non-hydrogen) atoms. The molecule has 0 spiro atoms. The van der Waals surface area contributed by atoms with Gasteiger partial charge in [-0.3, -0.25) is 4.55 Å². The van der Waals surface area contributed by atoms with Crippen molar-refractivity contribution in [2.75, 3.05) is 19.7 Å². The van der Waals surface area contributed by atoms with Crippen molar-refractivity contribution in [3.8, 4) is 0 Å². The minimum atomic E-state index is -4.31. The highest BCUT2D eigenvalue weighted by atomic mass is 32.2. The van der Waals surface area contributed by atoms with Crippen LogP contribution in [0.5, 0.6) is 0 Å². The zero-order valence-corrected chi connectivity index (χ0v) is 24.5. The van der Waals surface area contributed by atoms with E-state index in [0.717, 1.165) is 25.7 Å². The summed E-state index contributed by atoms with van der Waals surface area (Å²) in [6.07, 6.45) is 3.12. The Morgan fingerprint density at radius 2 is 1.39 bits per heavy atom. The van der Waals surface area contributed by atoms with E-state index in [9.17, 15) is 22.6 Å². The highest BCUT2D eigenvalue weighted by molar-refractivity contribution is 7.86. The number of carbonyl (C=O) groups is 2. The summed E-state index contributed by atoms with van der Waals surface area (Å²) in [6.45, 7) is 13.9. The minimum absolute atomic E-state index is 0.0270. The van der Waals surface area contributed by atoms with Gasteiger partial charge in [-0.15, -0.1) is 0 Å². The SMILES string of the molecule is CC(C)(C)OC(=O)N1CCC[C@H]1CO.Cc1cccc(C[C@@H]2CCCN2C(=O)OC(C)(C)C)c1S(=O)(=O)O. The number of nitrogens with zero attached hydrogens (tertiary/aromatic N) is 2. The molecule has 0 radical (unpaired) electrons. The van der Waals surface area contributed by atoms with Crippen LogP contribution in [0, 0.1) is 6.92 Å². The number of hydrogen-bond acceptors (Lipinski definition) is 7. The van der Waals surface area contributed by atoms with Crippen molar-refractivity contribution in [3.05, 3.63) is 29.3 Å². The Bertz CT molecular complexity index is 1080. The van der Waals surface area contributed by atoms with Crippen molar-refractivity contribution < 1.29 is 37.1 Å². The molecule has 0 aromatic heterocycles. The third-order valence-corrected chi connectivity index (χ3v) is 7.33. The summed E-state index contributed by atoms with van der Waals surface area (Å²) in [7, 11) is -4.31.